The normalized spacial score (nSPS) is 15.2. The zero-order chi connectivity index (χ0) is 18.1. The van der Waals surface area contributed by atoms with Gasteiger partial charge in [0.15, 0.2) is 0 Å². The average molecular weight is 370 g/mol. The molecule has 1 aliphatic rings. The fourth-order valence-corrected chi connectivity index (χ4v) is 3.30. The number of aliphatic hydroxyl groups excluding tert-OH is 1. The Hall–Kier alpha value is -1.15. The van der Waals surface area contributed by atoms with Crippen LogP contribution < -0.4 is 5.11 Å². The first-order chi connectivity index (χ1) is 10.6. The maximum atomic E-state index is 10.6. The molecule has 3 heteroatoms. The van der Waals surface area contributed by atoms with Crippen molar-refractivity contribution in [2.24, 2.45) is 0 Å². The van der Waals surface area contributed by atoms with Crippen LogP contribution in [0.25, 0.3) is 0 Å². The van der Waals surface area contributed by atoms with Gasteiger partial charge in [0.2, 0.25) is 0 Å². The van der Waals surface area contributed by atoms with Crippen LogP contribution in [0.5, 0.6) is 0 Å². The molecule has 0 saturated heterocycles. The van der Waals surface area contributed by atoms with Crippen LogP contribution in [-0.2, 0) is 17.1 Å². The van der Waals surface area contributed by atoms with E-state index in [0.29, 0.717) is 0 Å². The van der Waals surface area contributed by atoms with Gasteiger partial charge in [0.1, 0.15) is 0 Å². The van der Waals surface area contributed by atoms with Gasteiger partial charge in [0.05, 0.1) is 0 Å². The van der Waals surface area contributed by atoms with E-state index in [9.17, 15) is 10.2 Å². The summed E-state index contributed by atoms with van der Waals surface area (Å²) in [6, 6.07) is 0. The summed E-state index contributed by atoms with van der Waals surface area (Å²) in [4.78, 5) is 0. The minimum Gasteiger partial charge on any atom is -0.877 e. The molecule has 1 aliphatic carbocycles. The van der Waals surface area contributed by atoms with Crippen LogP contribution in [0.15, 0.2) is 34.1 Å². The number of hydrogen-bond donors (Lipinski definition) is 1. The fourth-order valence-electron chi connectivity index (χ4n) is 3.30. The van der Waals surface area contributed by atoms with Crippen LogP contribution in [0.1, 0.15) is 68.5 Å². The van der Waals surface area contributed by atoms with E-state index in [0.717, 1.165) is 28.5 Å². The molecule has 1 aromatic carbocycles. The van der Waals surface area contributed by atoms with Crippen molar-refractivity contribution in [1.82, 2.24) is 0 Å². The first-order valence-electron chi connectivity index (χ1n) is 8.15. The summed E-state index contributed by atoms with van der Waals surface area (Å²) in [5, 5.41) is 20.1. The molecule has 2 nitrogen and oxygen atoms in total. The quantitative estimate of drug-likeness (QED) is 0.446. The average Bonchev–Trinajstić information content (AvgIpc) is 2.80. The van der Waals surface area contributed by atoms with Gasteiger partial charge in [-0.3, -0.25) is 0 Å². The molecule has 2 rings (SSSR count). The molecule has 1 N–H and O–H groups in total. The molecule has 24 heavy (non-hydrogen) atoms. The van der Waals surface area contributed by atoms with E-state index in [2.05, 4.69) is 41.5 Å². The van der Waals surface area contributed by atoms with Crippen molar-refractivity contribution in [1.29, 1.82) is 0 Å². The van der Waals surface area contributed by atoms with Crippen LogP contribution in [0.4, 0.5) is 0 Å². The van der Waals surface area contributed by atoms with Gasteiger partial charge in [-0.15, -0.1) is 6.26 Å². The van der Waals surface area contributed by atoms with Crippen molar-refractivity contribution in [2.45, 2.75) is 68.4 Å². The Morgan fingerprint density at radius 3 is 1.46 bits per heavy atom. The molecule has 0 aromatic heterocycles. The van der Waals surface area contributed by atoms with Crippen molar-refractivity contribution in [3.05, 3.63) is 61.9 Å². The molecule has 1 unspecified atom stereocenters. The second-order valence-corrected chi connectivity index (χ2v) is 6.62. The Bertz CT molecular complexity index is 646. The Morgan fingerprint density at radius 2 is 1.29 bits per heavy atom. The van der Waals surface area contributed by atoms with Gasteiger partial charge in [-0.1, -0.05) is 27.7 Å². The van der Waals surface area contributed by atoms with E-state index in [1.54, 1.807) is 0 Å². The van der Waals surface area contributed by atoms with E-state index < -0.39 is 0 Å². The van der Waals surface area contributed by atoms with Crippen LogP contribution in [0.2, 0.25) is 0 Å². The minimum absolute atomic E-state index is 0. The second kappa shape index (κ2) is 8.80. The molecule has 0 bridgehead atoms. The Labute approximate surface area is 157 Å². The predicted octanol–water partition coefficient (Wildman–Crippen LogP) is 4.61. The molecular formula is C21H30FeO2. The molecule has 0 radical (unpaired) electrons. The molecule has 0 spiro atoms. The number of rotatable bonds is 1. The van der Waals surface area contributed by atoms with Crippen molar-refractivity contribution in [3.63, 3.8) is 0 Å². The molecule has 0 saturated carbocycles. The van der Waals surface area contributed by atoms with Gasteiger partial charge in [0, 0.05) is 6.10 Å². The number of aliphatic hydroxyl groups is 1. The smallest absolute Gasteiger partial charge is 0.877 e. The molecular weight excluding hydrogens is 340 g/mol. The van der Waals surface area contributed by atoms with E-state index in [-0.39, 0.29) is 23.2 Å². The number of hydrogen-bond acceptors (Lipinski definition) is 2. The summed E-state index contributed by atoms with van der Waals surface area (Å²) in [7, 11) is 0. The van der Waals surface area contributed by atoms with Crippen LogP contribution in [-0.4, -0.2) is 5.11 Å². The largest absolute Gasteiger partial charge is 2.00 e. The first kappa shape index (κ1) is 22.8. The molecule has 0 fully saturated rings. The second-order valence-electron chi connectivity index (χ2n) is 6.62. The van der Waals surface area contributed by atoms with Gasteiger partial charge in [0.25, 0.3) is 0 Å². The van der Waals surface area contributed by atoms with Gasteiger partial charge >= 0.3 is 17.1 Å². The SMILES string of the molecule is CC1=C(C)C(C)=C(C)C1=C[O-].Cc1c(C(C)O)c(C)[c-](C)c1C.[Fe+2]. The fraction of sp³-hybridized carbons (Fsp3) is 0.476. The molecule has 1 atom stereocenters. The molecule has 0 heterocycles. The third kappa shape index (κ3) is 4.08. The third-order valence-electron chi connectivity index (χ3n) is 5.53. The predicted molar refractivity (Wildman–Crippen MR) is 96.4 cm³/mol. The summed E-state index contributed by atoms with van der Waals surface area (Å²) in [6.07, 6.45) is 0.613. The van der Waals surface area contributed by atoms with E-state index >= 15 is 0 Å². The first-order valence-corrected chi connectivity index (χ1v) is 8.15. The summed E-state index contributed by atoms with van der Waals surface area (Å²) in [5.41, 5.74) is 11.9. The standard InChI is InChI=1S/C11H17O.C10H14O.Fe/c1-6-7(2)9(4)11(8(6)3)10(5)12;1-6-7(2)9(4)10(5-11)8(6)3;/h10,12H,1-5H3;5,11H,1-4H3;/q-1;;+2/p-1. The Morgan fingerprint density at radius 1 is 0.875 bits per heavy atom. The third-order valence-corrected chi connectivity index (χ3v) is 5.53. The van der Waals surface area contributed by atoms with Crippen molar-refractivity contribution >= 4 is 0 Å². The van der Waals surface area contributed by atoms with Crippen LogP contribution >= 0.6 is 0 Å². The Kier molecular flexibility index (Phi) is 8.38. The molecule has 1 aromatic rings. The van der Waals surface area contributed by atoms with Gasteiger partial charge in [-0.05, 0) is 62.5 Å². The van der Waals surface area contributed by atoms with Crippen LogP contribution in [0, 0.1) is 27.7 Å². The summed E-state index contributed by atoms with van der Waals surface area (Å²) < 4.78 is 0. The Balaban J connectivity index is 0.000000425. The van der Waals surface area contributed by atoms with E-state index in [1.165, 1.54) is 33.4 Å². The summed E-state index contributed by atoms with van der Waals surface area (Å²) >= 11 is 0. The van der Waals surface area contributed by atoms with Crippen molar-refractivity contribution in [2.75, 3.05) is 0 Å². The molecule has 0 amide bonds. The number of allylic oxidation sites excluding steroid dienone is 5. The molecule has 134 valence electrons. The minimum atomic E-state index is -0.336. The van der Waals surface area contributed by atoms with Gasteiger partial charge in [-0.2, -0.15) is 27.8 Å². The molecule has 0 aliphatic heterocycles. The monoisotopic (exact) mass is 370 g/mol. The van der Waals surface area contributed by atoms with Gasteiger partial charge in [-0.25, -0.2) is 0 Å². The van der Waals surface area contributed by atoms with Crippen LogP contribution in [0.3, 0.4) is 0 Å². The maximum Gasteiger partial charge on any atom is 2.00 e. The van der Waals surface area contributed by atoms with Crippen molar-refractivity contribution in [3.8, 4) is 0 Å². The summed E-state index contributed by atoms with van der Waals surface area (Å²) in [5.74, 6) is 0. The van der Waals surface area contributed by atoms with E-state index in [4.69, 9.17) is 0 Å². The zero-order valence-electron chi connectivity index (χ0n) is 16.4. The van der Waals surface area contributed by atoms with Gasteiger partial charge < -0.3 is 10.2 Å². The zero-order valence-corrected chi connectivity index (χ0v) is 17.5. The van der Waals surface area contributed by atoms with Crippen molar-refractivity contribution < 1.29 is 27.3 Å². The topological polar surface area (TPSA) is 43.3 Å². The maximum absolute atomic E-state index is 10.6. The van der Waals surface area contributed by atoms with E-state index in [1.807, 2.05) is 20.8 Å². The summed E-state index contributed by atoms with van der Waals surface area (Å²) in [6.45, 7) is 18.3.